The number of carbonyl (C=O) groups is 1. The van der Waals surface area contributed by atoms with Gasteiger partial charge >= 0.3 is 0 Å². The van der Waals surface area contributed by atoms with Crippen molar-refractivity contribution in [3.8, 4) is 5.82 Å². The first-order valence-electron chi connectivity index (χ1n) is 8.45. The minimum absolute atomic E-state index is 0.142. The summed E-state index contributed by atoms with van der Waals surface area (Å²) in [6.07, 6.45) is 3.64. The summed E-state index contributed by atoms with van der Waals surface area (Å²) in [6, 6.07) is 8.79. The summed E-state index contributed by atoms with van der Waals surface area (Å²) < 4.78 is 28.3. The summed E-state index contributed by atoms with van der Waals surface area (Å²) in [4.78, 5) is 20.6. The van der Waals surface area contributed by atoms with Gasteiger partial charge in [0.25, 0.3) is 0 Å². The van der Waals surface area contributed by atoms with Crippen LogP contribution in [0.2, 0.25) is 0 Å². The molecule has 27 heavy (non-hydrogen) atoms. The number of hydrogen-bond donors (Lipinski definition) is 2. The summed E-state index contributed by atoms with van der Waals surface area (Å²) in [6.45, 7) is 2.58. The molecule has 3 rings (SSSR count). The molecular weight excluding hydrogens is 352 g/mol. The van der Waals surface area contributed by atoms with Gasteiger partial charge in [-0.3, -0.25) is 4.79 Å². The fourth-order valence-electron chi connectivity index (χ4n) is 2.56. The minimum atomic E-state index is -0.725. The predicted molar refractivity (Wildman–Crippen MR) is 97.7 cm³/mol. The van der Waals surface area contributed by atoms with Crippen molar-refractivity contribution in [3.63, 3.8) is 0 Å². The third-order valence-electron chi connectivity index (χ3n) is 3.81. The van der Waals surface area contributed by atoms with Gasteiger partial charge in [0.1, 0.15) is 29.1 Å². The Balaban J connectivity index is 1.49. The lowest BCUT2D eigenvalue weighted by molar-refractivity contribution is -0.120. The van der Waals surface area contributed by atoms with E-state index < -0.39 is 11.6 Å². The molecule has 2 aromatic heterocycles. The van der Waals surface area contributed by atoms with Gasteiger partial charge in [-0.2, -0.15) is 0 Å². The lowest BCUT2D eigenvalue weighted by Crippen LogP contribution is -2.30. The van der Waals surface area contributed by atoms with Crippen molar-refractivity contribution in [3.05, 3.63) is 71.8 Å². The first-order valence-corrected chi connectivity index (χ1v) is 8.45. The van der Waals surface area contributed by atoms with Gasteiger partial charge < -0.3 is 15.2 Å². The number of carbonyl (C=O) groups excluding carboxylic acids is 1. The van der Waals surface area contributed by atoms with Crippen LogP contribution in [0, 0.1) is 18.6 Å². The zero-order valence-electron chi connectivity index (χ0n) is 14.7. The zero-order chi connectivity index (χ0) is 19.2. The maximum Gasteiger partial charge on any atom is 0.224 e. The monoisotopic (exact) mass is 371 g/mol. The van der Waals surface area contributed by atoms with Crippen LogP contribution in [0.25, 0.3) is 5.82 Å². The van der Waals surface area contributed by atoms with Crippen molar-refractivity contribution in [2.75, 3.05) is 18.4 Å². The smallest absolute Gasteiger partial charge is 0.224 e. The highest BCUT2D eigenvalue weighted by atomic mass is 19.1. The molecule has 2 N–H and O–H groups in total. The molecule has 1 aromatic carbocycles. The Bertz CT molecular complexity index is 928. The predicted octanol–water partition coefficient (Wildman–Crippen LogP) is 2.62. The molecule has 0 aliphatic heterocycles. The Hall–Kier alpha value is -3.29. The Morgan fingerprint density at radius 3 is 2.63 bits per heavy atom. The number of amides is 1. The van der Waals surface area contributed by atoms with Gasteiger partial charge in [-0.15, -0.1) is 0 Å². The van der Waals surface area contributed by atoms with Gasteiger partial charge in [0.2, 0.25) is 5.91 Å². The number of aromatic nitrogens is 3. The van der Waals surface area contributed by atoms with Crippen LogP contribution in [0.4, 0.5) is 14.6 Å². The third-order valence-corrected chi connectivity index (χ3v) is 3.81. The van der Waals surface area contributed by atoms with Crippen molar-refractivity contribution >= 4 is 11.7 Å². The normalized spacial score (nSPS) is 10.6. The fourth-order valence-corrected chi connectivity index (χ4v) is 2.56. The Morgan fingerprint density at radius 1 is 1.11 bits per heavy atom. The van der Waals surface area contributed by atoms with Crippen LogP contribution >= 0.6 is 0 Å². The van der Waals surface area contributed by atoms with E-state index in [1.165, 1.54) is 6.07 Å². The maximum absolute atomic E-state index is 13.6. The molecule has 8 heteroatoms. The van der Waals surface area contributed by atoms with Crippen molar-refractivity contribution in [1.29, 1.82) is 0 Å². The van der Waals surface area contributed by atoms with Crippen LogP contribution in [0.15, 0.2) is 48.8 Å². The summed E-state index contributed by atoms with van der Waals surface area (Å²) in [5.41, 5.74) is 0.157. The molecule has 0 saturated carbocycles. The molecule has 0 saturated heterocycles. The van der Waals surface area contributed by atoms with E-state index in [-0.39, 0.29) is 17.9 Å². The minimum Gasteiger partial charge on any atom is -0.368 e. The second-order valence-corrected chi connectivity index (χ2v) is 5.94. The molecule has 0 atom stereocenters. The van der Waals surface area contributed by atoms with Crippen LogP contribution < -0.4 is 10.6 Å². The molecule has 1 amide bonds. The fraction of sp³-hybridized carbons (Fsp3) is 0.211. The van der Waals surface area contributed by atoms with Gasteiger partial charge in [0.05, 0.1) is 6.42 Å². The highest BCUT2D eigenvalue weighted by Crippen LogP contribution is 2.11. The van der Waals surface area contributed by atoms with E-state index in [0.717, 1.165) is 18.0 Å². The average molecular weight is 371 g/mol. The number of nitrogens with zero attached hydrogens (tertiary/aromatic N) is 3. The molecule has 0 spiro atoms. The van der Waals surface area contributed by atoms with Crippen LogP contribution in [-0.4, -0.2) is 33.5 Å². The molecule has 0 aliphatic carbocycles. The number of anilines is 1. The zero-order valence-corrected chi connectivity index (χ0v) is 14.7. The Morgan fingerprint density at radius 2 is 1.89 bits per heavy atom. The largest absolute Gasteiger partial charge is 0.368 e. The molecule has 0 aliphatic rings. The third kappa shape index (κ3) is 5.10. The van der Waals surface area contributed by atoms with Gasteiger partial charge in [-0.05, 0) is 30.7 Å². The highest BCUT2D eigenvalue weighted by Gasteiger charge is 2.09. The Labute approximate surface area is 155 Å². The summed E-state index contributed by atoms with van der Waals surface area (Å²) >= 11 is 0. The second-order valence-electron chi connectivity index (χ2n) is 5.94. The number of halogens is 2. The van der Waals surface area contributed by atoms with Crippen molar-refractivity contribution in [2.24, 2.45) is 0 Å². The summed E-state index contributed by atoms with van der Waals surface area (Å²) in [5.74, 6) is 0.280. The molecule has 6 nitrogen and oxygen atoms in total. The van der Waals surface area contributed by atoms with Crippen LogP contribution in [0.3, 0.4) is 0 Å². The molecule has 3 aromatic rings. The number of nitrogens with one attached hydrogen (secondary N) is 2. The second kappa shape index (κ2) is 8.39. The lowest BCUT2D eigenvalue weighted by Gasteiger charge is -2.10. The number of benzene rings is 1. The average Bonchev–Trinajstić information content (AvgIpc) is 3.15. The van der Waals surface area contributed by atoms with E-state index in [4.69, 9.17) is 0 Å². The maximum atomic E-state index is 13.6. The van der Waals surface area contributed by atoms with Crippen LogP contribution in [-0.2, 0) is 11.2 Å². The number of rotatable bonds is 7. The van der Waals surface area contributed by atoms with Crippen molar-refractivity contribution < 1.29 is 13.6 Å². The van der Waals surface area contributed by atoms with Gasteiger partial charge in [0.15, 0.2) is 0 Å². The standard InChI is InChI=1S/C19H19F2N5O/c1-13-24-17(12-18(25-13)26-8-2-3-9-26)22-6-7-23-19(27)10-14-4-5-15(20)11-16(14)21/h2-5,8-9,11-12H,6-7,10H2,1H3,(H,23,27)(H,22,24,25). The Kier molecular flexibility index (Phi) is 5.75. The molecule has 0 fully saturated rings. The summed E-state index contributed by atoms with van der Waals surface area (Å²) in [7, 11) is 0. The number of hydrogen-bond acceptors (Lipinski definition) is 4. The molecular formula is C19H19F2N5O. The molecule has 0 radical (unpaired) electrons. The van der Waals surface area contributed by atoms with E-state index in [0.29, 0.717) is 24.7 Å². The lowest BCUT2D eigenvalue weighted by atomic mass is 10.1. The first-order chi connectivity index (χ1) is 13.0. The van der Waals surface area contributed by atoms with Crippen LogP contribution in [0.5, 0.6) is 0 Å². The van der Waals surface area contributed by atoms with E-state index in [2.05, 4.69) is 20.6 Å². The van der Waals surface area contributed by atoms with Crippen molar-refractivity contribution in [1.82, 2.24) is 19.9 Å². The van der Waals surface area contributed by atoms with E-state index in [1.54, 1.807) is 6.92 Å². The topological polar surface area (TPSA) is 71.8 Å². The van der Waals surface area contributed by atoms with Crippen molar-refractivity contribution in [2.45, 2.75) is 13.3 Å². The van der Waals surface area contributed by atoms with Gasteiger partial charge in [-0.1, -0.05) is 6.07 Å². The molecule has 0 unspecified atom stereocenters. The van der Waals surface area contributed by atoms with Gasteiger partial charge in [-0.25, -0.2) is 18.7 Å². The molecule has 0 bridgehead atoms. The molecule has 2 heterocycles. The summed E-state index contributed by atoms with van der Waals surface area (Å²) in [5, 5.41) is 5.81. The van der Waals surface area contributed by atoms with E-state index >= 15 is 0 Å². The van der Waals surface area contributed by atoms with E-state index in [9.17, 15) is 13.6 Å². The highest BCUT2D eigenvalue weighted by molar-refractivity contribution is 5.78. The SMILES string of the molecule is Cc1nc(NCCNC(=O)Cc2ccc(F)cc2F)cc(-n2cccc2)n1. The quantitative estimate of drug-likeness (QED) is 0.627. The first kappa shape index (κ1) is 18.5. The number of aryl methyl sites for hydroxylation is 1. The van der Waals surface area contributed by atoms with Gasteiger partial charge in [0, 0.05) is 37.6 Å². The van der Waals surface area contributed by atoms with Crippen LogP contribution in [0.1, 0.15) is 11.4 Å². The molecule has 140 valence electrons. The van der Waals surface area contributed by atoms with E-state index in [1.807, 2.05) is 35.2 Å².